The molecular formula is C10H10N4O2. The predicted octanol–water partition coefficient (Wildman–Crippen LogP) is 0.967. The van der Waals surface area contributed by atoms with E-state index in [1.54, 1.807) is 19.2 Å². The largest absolute Gasteiger partial charge is 0.338 e. The van der Waals surface area contributed by atoms with E-state index in [0.29, 0.717) is 23.2 Å². The summed E-state index contributed by atoms with van der Waals surface area (Å²) < 4.78 is 4.93. The van der Waals surface area contributed by atoms with Gasteiger partial charge in [-0.3, -0.25) is 4.79 Å². The highest BCUT2D eigenvalue weighted by atomic mass is 16.5. The van der Waals surface area contributed by atoms with Gasteiger partial charge in [0.05, 0.1) is 6.42 Å². The zero-order chi connectivity index (χ0) is 11.5. The van der Waals surface area contributed by atoms with Gasteiger partial charge in [-0.15, -0.1) is 0 Å². The van der Waals surface area contributed by atoms with Crippen molar-refractivity contribution in [2.75, 3.05) is 0 Å². The number of aryl methyl sites for hydroxylation is 1. The fraction of sp³-hybridized carbons (Fsp3) is 0.300. The first-order chi connectivity index (χ1) is 7.65. The lowest BCUT2D eigenvalue weighted by Gasteiger charge is -1.93. The zero-order valence-electron chi connectivity index (χ0n) is 8.97. The van der Waals surface area contributed by atoms with Gasteiger partial charge in [0.2, 0.25) is 11.7 Å². The van der Waals surface area contributed by atoms with Gasteiger partial charge in [-0.25, -0.2) is 9.97 Å². The SMILES string of the molecule is CC(=O)Cc1nc(-c2ccnc(C)n2)no1. The fourth-order valence-corrected chi connectivity index (χ4v) is 1.22. The summed E-state index contributed by atoms with van der Waals surface area (Å²) in [5.74, 6) is 1.30. The fourth-order valence-electron chi connectivity index (χ4n) is 1.22. The number of hydrogen-bond acceptors (Lipinski definition) is 6. The summed E-state index contributed by atoms with van der Waals surface area (Å²) in [7, 11) is 0. The van der Waals surface area contributed by atoms with Gasteiger partial charge in [0, 0.05) is 6.20 Å². The third-order valence-corrected chi connectivity index (χ3v) is 1.87. The molecule has 2 rings (SSSR count). The lowest BCUT2D eigenvalue weighted by Crippen LogP contribution is -1.96. The van der Waals surface area contributed by atoms with Crippen molar-refractivity contribution in [1.82, 2.24) is 20.1 Å². The Morgan fingerprint density at radius 2 is 2.25 bits per heavy atom. The van der Waals surface area contributed by atoms with Gasteiger partial charge in [0.1, 0.15) is 17.3 Å². The minimum Gasteiger partial charge on any atom is -0.338 e. The number of carbonyl (C=O) groups excluding carboxylic acids is 1. The Balaban J connectivity index is 2.28. The monoisotopic (exact) mass is 218 g/mol. The second-order valence-corrected chi connectivity index (χ2v) is 3.38. The quantitative estimate of drug-likeness (QED) is 0.763. The highest BCUT2D eigenvalue weighted by molar-refractivity contribution is 5.77. The molecule has 0 saturated carbocycles. The van der Waals surface area contributed by atoms with Crippen LogP contribution in [0.25, 0.3) is 11.5 Å². The maximum absolute atomic E-state index is 10.9. The summed E-state index contributed by atoms with van der Waals surface area (Å²) in [6.45, 7) is 3.25. The lowest BCUT2D eigenvalue weighted by atomic mass is 10.3. The number of aromatic nitrogens is 4. The first-order valence-corrected chi connectivity index (χ1v) is 4.77. The van der Waals surface area contributed by atoms with Gasteiger partial charge >= 0.3 is 0 Å². The third-order valence-electron chi connectivity index (χ3n) is 1.87. The molecule has 2 aromatic rings. The van der Waals surface area contributed by atoms with E-state index in [0.717, 1.165) is 0 Å². The molecule has 0 bridgehead atoms. The Kier molecular flexibility index (Phi) is 2.72. The van der Waals surface area contributed by atoms with Crippen molar-refractivity contribution in [2.45, 2.75) is 20.3 Å². The molecule has 0 radical (unpaired) electrons. The van der Waals surface area contributed by atoms with Crippen molar-refractivity contribution in [1.29, 1.82) is 0 Å². The first kappa shape index (κ1) is 10.4. The van der Waals surface area contributed by atoms with Crippen LogP contribution in [0.2, 0.25) is 0 Å². The van der Waals surface area contributed by atoms with E-state index < -0.39 is 0 Å². The second kappa shape index (κ2) is 4.18. The Morgan fingerprint density at radius 1 is 1.44 bits per heavy atom. The maximum atomic E-state index is 10.9. The molecule has 2 heterocycles. The van der Waals surface area contributed by atoms with Crippen LogP contribution in [0.4, 0.5) is 0 Å². The first-order valence-electron chi connectivity index (χ1n) is 4.77. The summed E-state index contributed by atoms with van der Waals surface area (Å²) in [5.41, 5.74) is 0.589. The Labute approximate surface area is 91.7 Å². The van der Waals surface area contributed by atoms with Crippen LogP contribution < -0.4 is 0 Å². The van der Waals surface area contributed by atoms with Gasteiger partial charge in [-0.05, 0) is 19.9 Å². The molecule has 6 nitrogen and oxygen atoms in total. The van der Waals surface area contributed by atoms with Gasteiger partial charge in [-0.1, -0.05) is 5.16 Å². The lowest BCUT2D eigenvalue weighted by molar-refractivity contribution is -0.116. The number of carbonyl (C=O) groups is 1. The summed E-state index contributed by atoms with van der Waals surface area (Å²) in [4.78, 5) is 23.1. The molecule has 0 aliphatic rings. The minimum absolute atomic E-state index is 0.0194. The number of nitrogens with zero attached hydrogens (tertiary/aromatic N) is 4. The van der Waals surface area contributed by atoms with Crippen molar-refractivity contribution in [2.24, 2.45) is 0 Å². The van der Waals surface area contributed by atoms with E-state index in [9.17, 15) is 4.79 Å². The van der Waals surface area contributed by atoms with Crippen LogP contribution in [0.3, 0.4) is 0 Å². The van der Waals surface area contributed by atoms with E-state index in [-0.39, 0.29) is 12.2 Å². The molecule has 0 aliphatic heterocycles. The molecule has 82 valence electrons. The molecule has 6 heteroatoms. The van der Waals surface area contributed by atoms with Crippen LogP contribution in [0.1, 0.15) is 18.6 Å². The molecule has 0 fully saturated rings. The highest BCUT2D eigenvalue weighted by Gasteiger charge is 2.11. The van der Waals surface area contributed by atoms with Gasteiger partial charge in [0.25, 0.3) is 0 Å². The molecule has 16 heavy (non-hydrogen) atoms. The smallest absolute Gasteiger partial charge is 0.234 e. The molecule has 0 saturated heterocycles. The van der Waals surface area contributed by atoms with E-state index in [1.165, 1.54) is 6.92 Å². The van der Waals surface area contributed by atoms with Gasteiger partial charge < -0.3 is 4.52 Å². The van der Waals surface area contributed by atoms with E-state index in [4.69, 9.17) is 4.52 Å². The van der Waals surface area contributed by atoms with E-state index in [1.807, 2.05) is 0 Å². The maximum Gasteiger partial charge on any atom is 0.234 e. The molecule has 2 aromatic heterocycles. The summed E-state index contributed by atoms with van der Waals surface area (Å²) in [6, 6.07) is 1.69. The second-order valence-electron chi connectivity index (χ2n) is 3.38. The van der Waals surface area contributed by atoms with E-state index >= 15 is 0 Å². The molecule has 0 amide bonds. The Bertz CT molecular complexity index is 521. The molecule has 0 N–H and O–H groups in total. The molecule has 0 aliphatic carbocycles. The number of Topliss-reactive ketones (excluding diaryl/α,β-unsaturated/α-hetero) is 1. The number of ketones is 1. The Morgan fingerprint density at radius 3 is 2.94 bits per heavy atom. The number of hydrogen-bond donors (Lipinski definition) is 0. The van der Waals surface area contributed by atoms with Crippen molar-refractivity contribution < 1.29 is 9.32 Å². The Hall–Kier alpha value is -2.11. The van der Waals surface area contributed by atoms with Crippen LogP contribution in [-0.4, -0.2) is 25.9 Å². The summed E-state index contributed by atoms with van der Waals surface area (Å²) in [6.07, 6.45) is 1.77. The summed E-state index contributed by atoms with van der Waals surface area (Å²) >= 11 is 0. The molecular weight excluding hydrogens is 208 g/mol. The molecule has 0 spiro atoms. The van der Waals surface area contributed by atoms with E-state index in [2.05, 4.69) is 20.1 Å². The van der Waals surface area contributed by atoms with Crippen molar-refractivity contribution in [3.05, 3.63) is 24.0 Å². The van der Waals surface area contributed by atoms with Gasteiger partial charge in [0.15, 0.2) is 0 Å². The zero-order valence-corrected chi connectivity index (χ0v) is 8.97. The highest BCUT2D eigenvalue weighted by Crippen LogP contribution is 2.12. The topological polar surface area (TPSA) is 81.8 Å². The van der Waals surface area contributed by atoms with Crippen molar-refractivity contribution >= 4 is 5.78 Å². The molecule has 0 atom stereocenters. The average Bonchev–Trinajstić information content (AvgIpc) is 2.65. The standard InChI is InChI=1S/C10H10N4O2/c1-6(15)5-9-13-10(14-16-9)8-3-4-11-7(2)12-8/h3-4H,5H2,1-2H3. The molecule has 0 unspecified atom stereocenters. The van der Waals surface area contributed by atoms with Crippen LogP contribution in [0.15, 0.2) is 16.8 Å². The van der Waals surface area contributed by atoms with Crippen LogP contribution in [0, 0.1) is 6.92 Å². The summed E-state index contributed by atoms with van der Waals surface area (Å²) in [5, 5.41) is 3.75. The van der Waals surface area contributed by atoms with Crippen LogP contribution >= 0.6 is 0 Å². The van der Waals surface area contributed by atoms with Crippen LogP contribution in [-0.2, 0) is 11.2 Å². The van der Waals surface area contributed by atoms with Crippen molar-refractivity contribution in [3.63, 3.8) is 0 Å². The normalized spacial score (nSPS) is 10.4. The van der Waals surface area contributed by atoms with Crippen LogP contribution in [0.5, 0.6) is 0 Å². The average molecular weight is 218 g/mol. The van der Waals surface area contributed by atoms with Gasteiger partial charge in [-0.2, -0.15) is 4.98 Å². The molecule has 0 aromatic carbocycles. The predicted molar refractivity (Wildman–Crippen MR) is 54.4 cm³/mol. The third kappa shape index (κ3) is 2.28. The number of rotatable bonds is 3. The minimum atomic E-state index is -0.0194. The van der Waals surface area contributed by atoms with Crippen molar-refractivity contribution in [3.8, 4) is 11.5 Å².